The van der Waals surface area contributed by atoms with Crippen LogP contribution in [0.25, 0.3) is 0 Å². The van der Waals surface area contributed by atoms with Crippen LogP contribution in [0.3, 0.4) is 0 Å². The monoisotopic (exact) mass is 359 g/mol. The molecule has 0 aliphatic carbocycles. The Labute approximate surface area is 163 Å². The van der Waals surface area contributed by atoms with E-state index in [2.05, 4.69) is 33.4 Å². The first kappa shape index (κ1) is 32.6. The molecule has 0 unspecified atom stereocenters. The SMILES string of the molecule is CC.CCCCC.CCCCCCCCCCCCCCCC.CN. The van der Waals surface area contributed by atoms with Crippen molar-refractivity contribution >= 4 is 0 Å². The molecular weight excluding hydrogens is 302 g/mol. The number of rotatable bonds is 15. The quantitative estimate of drug-likeness (QED) is 0.289. The predicted octanol–water partition coefficient (Wildman–Crippen LogP) is 9.29. The highest BCUT2D eigenvalue weighted by atomic mass is 14.4. The van der Waals surface area contributed by atoms with E-state index < -0.39 is 0 Å². The van der Waals surface area contributed by atoms with Gasteiger partial charge in [-0.2, -0.15) is 0 Å². The molecule has 0 atom stereocenters. The Hall–Kier alpha value is -0.0400. The van der Waals surface area contributed by atoms with Crippen LogP contribution < -0.4 is 5.73 Å². The van der Waals surface area contributed by atoms with Gasteiger partial charge in [0.2, 0.25) is 0 Å². The standard InChI is InChI=1S/C16H34.C5H12.C2H6.CH5N/c1-3-5-7-9-11-13-15-16-14-12-10-8-6-4-2;1-3-5-4-2;2*1-2/h3-16H2,1-2H3;3-5H2,1-2H3;1-2H3;2H2,1H3. The minimum absolute atomic E-state index is 1.34. The number of nitrogens with two attached hydrogens (primary N) is 1. The summed E-state index contributed by atoms with van der Waals surface area (Å²) in [5.74, 6) is 0. The Kier molecular flexibility index (Phi) is 57.3. The van der Waals surface area contributed by atoms with Gasteiger partial charge in [-0.25, -0.2) is 0 Å². The van der Waals surface area contributed by atoms with Crippen LogP contribution >= 0.6 is 0 Å². The second-order valence-corrected chi connectivity index (χ2v) is 6.60. The third-order valence-corrected chi connectivity index (χ3v) is 4.16. The summed E-state index contributed by atoms with van der Waals surface area (Å²) in [6.45, 7) is 13.0. The summed E-state index contributed by atoms with van der Waals surface area (Å²) in [5, 5.41) is 0. The number of hydrogen-bond donors (Lipinski definition) is 1. The lowest BCUT2D eigenvalue weighted by atomic mass is 10.0. The molecule has 2 N–H and O–H groups in total. The third kappa shape index (κ3) is 51.6. The van der Waals surface area contributed by atoms with Crippen molar-refractivity contribution in [1.29, 1.82) is 0 Å². The molecular formula is C24H57N. The van der Waals surface area contributed by atoms with Crippen molar-refractivity contribution in [2.24, 2.45) is 5.73 Å². The smallest absolute Gasteiger partial charge is 0.0195 e. The first-order valence-corrected chi connectivity index (χ1v) is 11.9. The van der Waals surface area contributed by atoms with Gasteiger partial charge >= 0.3 is 0 Å². The summed E-state index contributed by atoms with van der Waals surface area (Å²) in [6.07, 6.45) is 24.5. The molecule has 0 radical (unpaired) electrons. The van der Waals surface area contributed by atoms with E-state index in [0.717, 1.165) is 0 Å². The van der Waals surface area contributed by atoms with Crippen molar-refractivity contribution in [3.8, 4) is 0 Å². The van der Waals surface area contributed by atoms with E-state index in [1.165, 1.54) is 116 Å². The van der Waals surface area contributed by atoms with Crippen LogP contribution in [0, 0.1) is 0 Å². The van der Waals surface area contributed by atoms with Gasteiger partial charge in [-0.15, -0.1) is 0 Å². The molecule has 1 heteroatoms. The molecule has 0 aliphatic rings. The Bertz CT molecular complexity index is 129. The van der Waals surface area contributed by atoms with E-state index in [4.69, 9.17) is 0 Å². The summed E-state index contributed by atoms with van der Waals surface area (Å²) < 4.78 is 0. The Morgan fingerprint density at radius 3 is 0.600 bits per heavy atom. The summed E-state index contributed by atoms with van der Waals surface area (Å²) in [6, 6.07) is 0. The molecule has 0 saturated carbocycles. The fraction of sp³-hybridized carbons (Fsp3) is 1.00. The van der Waals surface area contributed by atoms with Crippen molar-refractivity contribution in [1.82, 2.24) is 0 Å². The molecule has 1 nitrogen and oxygen atoms in total. The molecule has 0 aromatic heterocycles. The van der Waals surface area contributed by atoms with Crippen LogP contribution in [0.15, 0.2) is 0 Å². The predicted molar refractivity (Wildman–Crippen MR) is 123 cm³/mol. The minimum Gasteiger partial charge on any atom is -0.333 e. The van der Waals surface area contributed by atoms with Gasteiger partial charge in [0.05, 0.1) is 0 Å². The van der Waals surface area contributed by atoms with Gasteiger partial charge in [-0.1, -0.05) is 151 Å². The molecule has 0 heterocycles. The normalized spacial score (nSPS) is 9.12. The van der Waals surface area contributed by atoms with Crippen LogP contribution in [0.2, 0.25) is 0 Å². The number of hydrogen-bond acceptors (Lipinski definition) is 1. The third-order valence-electron chi connectivity index (χ3n) is 4.16. The van der Waals surface area contributed by atoms with Crippen LogP contribution in [-0.2, 0) is 0 Å². The van der Waals surface area contributed by atoms with Crippen molar-refractivity contribution in [2.45, 2.75) is 151 Å². The van der Waals surface area contributed by atoms with Gasteiger partial charge in [0.25, 0.3) is 0 Å². The van der Waals surface area contributed by atoms with E-state index in [1.54, 1.807) is 0 Å². The van der Waals surface area contributed by atoms with Gasteiger partial charge < -0.3 is 5.73 Å². The Morgan fingerprint density at radius 1 is 0.320 bits per heavy atom. The largest absolute Gasteiger partial charge is 0.333 e. The maximum Gasteiger partial charge on any atom is -0.0195 e. The zero-order valence-corrected chi connectivity index (χ0v) is 19.6. The minimum atomic E-state index is 1.34. The highest BCUT2D eigenvalue weighted by Crippen LogP contribution is 2.12. The molecule has 0 aromatic carbocycles. The van der Waals surface area contributed by atoms with Gasteiger partial charge in [0.1, 0.15) is 0 Å². The Balaban J connectivity index is -0.000000205. The van der Waals surface area contributed by atoms with E-state index in [9.17, 15) is 0 Å². The molecule has 0 amide bonds. The van der Waals surface area contributed by atoms with E-state index >= 15 is 0 Å². The van der Waals surface area contributed by atoms with Crippen LogP contribution in [0.4, 0.5) is 0 Å². The fourth-order valence-electron chi connectivity index (χ4n) is 2.62. The molecule has 0 aliphatic heterocycles. The molecule has 0 aromatic rings. The molecule has 25 heavy (non-hydrogen) atoms. The average molecular weight is 360 g/mol. The molecule has 0 bridgehead atoms. The summed E-state index contributed by atoms with van der Waals surface area (Å²) >= 11 is 0. The molecule has 0 rings (SSSR count). The van der Waals surface area contributed by atoms with Gasteiger partial charge in [-0.05, 0) is 7.05 Å². The van der Waals surface area contributed by atoms with Gasteiger partial charge in [-0.3, -0.25) is 0 Å². The maximum atomic E-state index is 4.50. The zero-order valence-electron chi connectivity index (χ0n) is 19.6. The maximum absolute atomic E-state index is 4.50. The average Bonchev–Trinajstić information content (AvgIpc) is 2.67. The fourth-order valence-corrected chi connectivity index (χ4v) is 2.62. The van der Waals surface area contributed by atoms with Gasteiger partial charge in [0.15, 0.2) is 0 Å². The Morgan fingerprint density at radius 2 is 0.480 bits per heavy atom. The van der Waals surface area contributed by atoms with Crippen LogP contribution in [0.5, 0.6) is 0 Å². The van der Waals surface area contributed by atoms with Crippen molar-refractivity contribution in [3.05, 3.63) is 0 Å². The lowest BCUT2D eigenvalue weighted by Crippen LogP contribution is -1.82. The van der Waals surface area contributed by atoms with Crippen molar-refractivity contribution in [3.63, 3.8) is 0 Å². The zero-order chi connectivity index (χ0) is 20.0. The molecule has 0 saturated heterocycles. The first-order chi connectivity index (χ1) is 12.3. The first-order valence-electron chi connectivity index (χ1n) is 11.9. The van der Waals surface area contributed by atoms with Crippen molar-refractivity contribution < 1.29 is 0 Å². The second kappa shape index (κ2) is 43.9. The van der Waals surface area contributed by atoms with E-state index in [-0.39, 0.29) is 0 Å². The highest BCUT2D eigenvalue weighted by molar-refractivity contribution is 4.48. The van der Waals surface area contributed by atoms with Crippen molar-refractivity contribution in [2.75, 3.05) is 7.05 Å². The van der Waals surface area contributed by atoms with Crippen LogP contribution in [0.1, 0.15) is 151 Å². The summed E-state index contributed by atoms with van der Waals surface area (Å²) in [4.78, 5) is 0. The molecule has 0 fully saturated rings. The highest BCUT2D eigenvalue weighted by Gasteiger charge is 1.92. The summed E-state index contributed by atoms with van der Waals surface area (Å²) in [5.41, 5.74) is 4.50. The van der Waals surface area contributed by atoms with E-state index in [0.29, 0.717) is 0 Å². The summed E-state index contributed by atoms with van der Waals surface area (Å²) in [7, 11) is 1.50. The topological polar surface area (TPSA) is 26.0 Å². The molecule has 158 valence electrons. The lowest BCUT2D eigenvalue weighted by molar-refractivity contribution is 0.538. The lowest BCUT2D eigenvalue weighted by Gasteiger charge is -2.02. The second-order valence-electron chi connectivity index (χ2n) is 6.60. The van der Waals surface area contributed by atoms with Gasteiger partial charge in [0, 0.05) is 0 Å². The van der Waals surface area contributed by atoms with E-state index in [1.807, 2.05) is 13.8 Å². The van der Waals surface area contributed by atoms with Crippen LogP contribution in [-0.4, -0.2) is 7.05 Å². The number of unbranched alkanes of at least 4 members (excludes halogenated alkanes) is 15. The molecule has 0 spiro atoms.